The van der Waals surface area contributed by atoms with E-state index in [4.69, 9.17) is 10.5 Å². The van der Waals surface area contributed by atoms with Gasteiger partial charge in [0.05, 0.1) is 6.10 Å². The van der Waals surface area contributed by atoms with E-state index in [1.54, 1.807) is 20.8 Å². The third kappa shape index (κ3) is 10.8. The number of hydrogen-bond acceptors (Lipinski definition) is 5. The van der Waals surface area contributed by atoms with E-state index in [1.165, 1.54) is 0 Å². The summed E-state index contributed by atoms with van der Waals surface area (Å²) in [6.45, 7) is 5.29. The molecule has 0 bridgehead atoms. The summed E-state index contributed by atoms with van der Waals surface area (Å²) in [6.07, 6.45) is -2.12. The lowest BCUT2D eigenvalue weighted by atomic mass is 10.2. The number of carbonyl (C=O) groups is 2. The van der Waals surface area contributed by atoms with Gasteiger partial charge in [0.2, 0.25) is 0 Å². The SMILES string of the molecule is CC(C)(C)OC(=O)NCCC(O)COC(N)=O. The Morgan fingerprint density at radius 2 is 2.00 bits per heavy atom. The van der Waals surface area contributed by atoms with Crippen LogP contribution in [0.15, 0.2) is 0 Å². The van der Waals surface area contributed by atoms with Crippen molar-refractivity contribution in [1.82, 2.24) is 5.32 Å². The van der Waals surface area contributed by atoms with Crippen molar-refractivity contribution in [3.8, 4) is 0 Å². The molecule has 0 radical (unpaired) electrons. The van der Waals surface area contributed by atoms with Gasteiger partial charge >= 0.3 is 12.2 Å². The highest BCUT2D eigenvalue weighted by Crippen LogP contribution is 2.06. The molecule has 0 aromatic heterocycles. The third-order valence-corrected chi connectivity index (χ3v) is 1.56. The molecule has 0 aromatic rings. The average molecular weight is 248 g/mol. The van der Waals surface area contributed by atoms with E-state index in [1.807, 2.05) is 0 Å². The second-order valence-electron chi connectivity index (χ2n) is 4.50. The molecule has 0 saturated carbocycles. The first kappa shape index (κ1) is 15.5. The molecule has 17 heavy (non-hydrogen) atoms. The smallest absolute Gasteiger partial charge is 0.407 e. The van der Waals surface area contributed by atoms with E-state index in [0.717, 1.165) is 0 Å². The highest BCUT2D eigenvalue weighted by atomic mass is 16.6. The molecule has 0 spiro atoms. The summed E-state index contributed by atoms with van der Waals surface area (Å²) in [6, 6.07) is 0. The topological polar surface area (TPSA) is 111 Å². The number of nitrogens with one attached hydrogen (secondary N) is 1. The number of alkyl carbamates (subject to hydrolysis) is 1. The molecule has 0 aliphatic rings. The van der Waals surface area contributed by atoms with Gasteiger partial charge in [-0.2, -0.15) is 0 Å². The van der Waals surface area contributed by atoms with Crippen LogP contribution in [-0.2, 0) is 9.47 Å². The van der Waals surface area contributed by atoms with Crippen LogP contribution in [0.5, 0.6) is 0 Å². The molecule has 1 atom stereocenters. The summed E-state index contributed by atoms with van der Waals surface area (Å²) < 4.78 is 9.37. The largest absolute Gasteiger partial charge is 0.447 e. The minimum Gasteiger partial charge on any atom is -0.447 e. The minimum atomic E-state index is -0.941. The molecule has 2 amide bonds. The molecule has 7 heteroatoms. The predicted molar refractivity (Wildman–Crippen MR) is 60.4 cm³/mol. The van der Waals surface area contributed by atoms with Crippen molar-refractivity contribution in [3.63, 3.8) is 0 Å². The van der Waals surface area contributed by atoms with Gasteiger partial charge in [-0.25, -0.2) is 9.59 Å². The Morgan fingerprint density at radius 1 is 1.41 bits per heavy atom. The molecule has 0 aromatic carbocycles. The molecular formula is C10H20N2O5. The molecule has 0 fully saturated rings. The summed E-state index contributed by atoms with van der Waals surface area (Å²) >= 11 is 0. The highest BCUT2D eigenvalue weighted by molar-refractivity contribution is 5.67. The molecule has 1 unspecified atom stereocenters. The maximum Gasteiger partial charge on any atom is 0.407 e. The van der Waals surface area contributed by atoms with Crippen molar-refractivity contribution in [2.45, 2.75) is 38.9 Å². The number of rotatable bonds is 5. The van der Waals surface area contributed by atoms with Gasteiger partial charge in [-0.1, -0.05) is 0 Å². The molecule has 0 saturated heterocycles. The Bertz CT molecular complexity index is 262. The quantitative estimate of drug-likeness (QED) is 0.650. The second kappa shape index (κ2) is 6.95. The normalized spacial score (nSPS) is 12.7. The van der Waals surface area contributed by atoms with Crippen molar-refractivity contribution < 1.29 is 24.2 Å². The average Bonchev–Trinajstić information content (AvgIpc) is 2.11. The Kier molecular flexibility index (Phi) is 6.34. The van der Waals surface area contributed by atoms with Gasteiger partial charge in [-0.3, -0.25) is 0 Å². The lowest BCUT2D eigenvalue weighted by Crippen LogP contribution is -2.34. The zero-order valence-corrected chi connectivity index (χ0v) is 10.4. The Balaban J connectivity index is 3.62. The van der Waals surface area contributed by atoms with Crippen molar-refractivity contribution in [2.75, 3.05) is 13.2 Å². The second-order valence-corrected chi connectivity index (χ2v) is 4.50. The maximum atomic E-state index is 11.2. The fourth-order valence-electron chi connectivity index (χ4n) is 0.917. The number of primary amides is 1. The summed E-state index contributed by atoms with van der Waals surface area (Å²) in [5.74, 6) is 0. The number of carbonyl (C=O) groups excluding carboxylic acids is 2. The van der Waals surface area contributed by atoms with Crippen LogP contribution in [0.4, 0.5) is 9.59 Å². The molecule has 7 nitrogen and oxygen atoms in total. The standard InChI is InChI=1S/C10H20N2O5/c1-10(2,3)17-9(15)12-5-4-7(13)6-16-8(11)14/h7,13H,4-6H2,1-3H3,(H2,11,14)(H,12,15). The highest BCUT2D eigenvalue weighted by Gasteiger charge is 2.16. The van der Waals surface area contributed by atoms with Gasteiger partial charge in [0.1, 0.15) is 12.2 Å². The first-order valence-corrected chi connectivity index (χ1v) is 5.28. The monoisotopic (exact) mass is 248 g/mol. The van der Waals surface area contributed by atoms with Gasteiger partial charge in [-0.15, -0.1) is 0 Å². The lowest BCUT2D eigenvalue weighted by molar-refractivity contribution is 0.0484. The van der Waals surface area contributed by atoms with Gasteiger partial charge in [-0.05, 0) is 27.2 Å². The predicted octanol–water partition coefficient (Wildman–Crippen LogP) is 0.357. The van der Waals surface area contributed by atoms with Crippen LogP contribution in [0.1, 0.15) is 27.2 Å². The van der Waals surface area contributed by atoms with Gasteiger partial charge in [0.15, 0.2) is 0 Å². The van der Waals surface area contributed by atoms with Crippen molar-refractivity contribution in [2.24, 2.45) is 5.73 Å². The number of ether oxygens (including phenoxy) is 2. The molecule has 0 aliphatic carbocycles. The summed E-state index contributed by atoms with van der Waals surface area (Å²) in [5, 5.41) is 11.8. The summed E-state index contributed by atoms with van der Waals surface area (Å²) in [5.41, 5.74) is 4.17. The first-order chi connectivity index (χ1) is 7.70. The van der Waals surface area contributed by atoms with Crippen molar-refractivity contribution in [3.05, 3.63) is 0 Å². The maximum absolute atomic E-state index is 11.2. The van der Waals surface area contributed by atoms with Crippen LogP contribution in [0.3, 0.4) is 0 Å². The van der Waals surface area contributed by atoms with Crippen LogP contribution in [0, 0.1) is 0 Å². The Hall–Kier alpha value is -1.50. The molecular weight excluding hydrogens is 228 g/mol. The van der Waals surface area contributed by atoms with E-state index < -0.39 is 23.9 Å². The van der Waals surface area contributed by atoms with Crippen molar-refractivity contribution >= 4 is 12.2 Å². The number of amides is 2. The fourth-order valence-corrected chi connectivity index (χ4v) is 0.917. The van der Waals surface area contributed by atoms with E-state index in [0.29, 0.717) is 0 Å². The van der Waals surface area contributed by atoms with Crippen LogP contribution >= 0.6 is 0 Å². The van der Waals surface area contributed by atoms with Crippen molar-refractivity contribution in [1.29, 1.82) is 0 Å². The van der Waals surface area contributed by atoms with E-state index in [-0.39, 0.29) is 19.6 Å². The summed E-state index contributed by atoms with van der Waals surface area (Å²) in [7, 11) is 0. The zero-order valence-electron chi connectivity index (χ0n) is 10.4. The molecule has 0 heterocycles. The Labute approximate surface area is 100 Å². The molecule has 4 N–H and O–H groups in total. The van der Waals surface area contributed by atoms with Gasteiger partial charge in [0, 0.05) is 6.54 Å². The van der Waals surface area contributed by atoms with Crippen LogP contribution < -0.4 is 11.1 Å². The van der Waals surface area contributed by atoms with E-state index >= 15 is 0 Å². The third-order valence-electron chi connectivity index (χ3n) is 1.56. The number of nitrogens with two attached hydrogens (primary N) is 1. The zero-order chi connectivity index (χ0) is 13.5. The minimum absolute atomic E-state index is 0.189. The van der Waals surface area contributed by atoms with Gasteiger partial charge in [0.25, 0.3) is 0 Å². The molecule has 0 aliphatic heterocycles. The van der Waals surface area contributed by atoms with Crippen LogP contribution in [-0.4, -0.2) is 42.1 Å². The Morgan fingerprint density at radius 3 is 2.47 bits per heavy atom. The summed E-state index contributed by atoms with van der Waals surface area (Å²) in [4.78, 5) is 21.4. The number of aliphatic hydroxyl groups excluding tert-OH is 1. The fraction of sp³-hybridized carbons (Fsp3) is 0.800. The number of hydrogen-bond donors (Lipinski definition) is 3. The lowest BCUT2D eigenvalue weighted by Gasteiger charge is -2.20. The van der Waals surface area contributed by atoms with Crippen LogP contribution in [0.25, 0.3) is 0 Å². The van der Waals surface area contributed by atoms with Gasteiger partial charge < -0.3 is 25.6 Å². The molecule has 100 valence electrons. The van der Waals surface area contributed by atoms with E-state index in [9.17, 15) is 14.7 Å². The number of aliphatic hydroxyl groups is 1. The molecule has 0 rings (SSSR count). The van der Waals surface area contributed by atoms with Crippen LogP contribution in [0.2, 0.25) is 0 Å². The first-order valence-electron chi connectivity index (χ1n) is 5.28. The van der Waals surface area contributed by atoms with E-state index in [2.05, 4.69) is 10.1 Å².